The lowest BCUT2D eigenvalue weighted by Gasteiger charge is -2.25. The van der Waals surface area contributed by atoms with Crippen molar-refractivity contribution >= 4 is 29.4 Å². The third-order valence-corrected chi connectivity index (χ3v) is 6.98. The molecule has 2 aliphatic carbocycles. The molecule has 33 heavy (non-hydrogen) atoms. The van der Waals surface area contributed by atoms with Gasteiger partial charge < -0.3 is 27.3 Å². The minimum atomic E-state index is -0.997. The van der Waals surface area contributed by atoms with E-state index in [1.54, 1.807) is 24.8 Å². The molecule has 2 aromatic rings. The van der Waals surface area contributed by atoms with Gasteiger partial charge in [0.15, 0.2) is 6.29 Å². The van der Waals surface area contributed by atoms with Crippen molar-refractivity contribution < 1.29 is 14.3 Å². The smallest absolute Gasteiger partial charge is 0.155 e. The minimum absolute atomic E-state index is 0.145. The molecule has 180 valence electrons. The zero-order valence-corrected chi connectivity index (χ0v) is 19.4. The molecule has 0 spiro atoms. The SMILES string of the molecule is CNc1ccc(F)c(Cl)c1.Cn1nc(C2CC3CC(O)(/C(N)=C/NN)CC3C2)c(C=O)c1N. The lowest BCUT2D eigenvalue weighted by atomic mass is 9.90. The standard InChI is InChI=1S/C15H24N6O2.C7H7ClFN/c1-21-14(17)11(7-22)13(20-21)8-2-9-4-15(23,5-10(9)3-8)12(16)6-19-18;1-10-5-2-3-7(9)6(8)4-5/h6-10,19,23H,2-5,16-18H2,1H3;2-4,10H,1H3/b12-6-;. The number of hydrogen-bond donors (Lipinski definition) is 6. The van der Waals surface area contributed by atoms with Crippen LogP contribution in [-0.4, -0.2) is 33.8 Å². The van der Waals surface area contributed by atoms with Crippen LogP contribution in [0.15, 0.2) is 30.1 Å². The molecule has 2 fully saturated rings. The lowest BCUT2D eigenvalue weighted by molar-refractivity contribution is 0.0736. The number of fused-ring (bicyclic) bond motifs is 1. The molecule has 11 heteroatoms. The predicted octanol–water partition coefficient (Wildman–Crippen LogP) is 2.23. The number of halogens is 2. The number of hydrogen-bond acceptors (Lipinski definition) is 8. The van der Waals surface area contributed by atoms with Crippen LogP contribution < -0.4 is 28.1 Å². The summed E-state index contributed by atoms with van der Waals surface area (Å²) < 4.78 is 14.0. The summed E-state index contributed by atoms with van der Waals surface area (Å²) in [7, 11) is 3.50. The first-order chi connectivity index (χ1) is 15.6. The summed E-state index contributed by atoms with van der Waals surface area (Å²) in [5.74, 6) is 6.19. The molecule has 9 N–H and O–H groups in total. The van der Waals surface area contributed by atoms with E-state index in [1.807, 2.05) is 0 Å². The Balaban J connectivity index is 0.000000257. The van der Waals surface area contributed by atoms with Crippen LogP contribution in [0.2, 0.25) is 5.02 Å². The van der Waals surface area contributed by atoms with E-state index in [4.69, 9.17) is 28.9 Å². The maximum Gasteiger partial charge on any atom is 0.155 e. The number of nitrogen functional groups attached to an aromatic ring is 1. The van der Waals surface area contributed by atoms with Crippen LogP contribution in [0.5, 0.6) is 0 Å². The van der Waals surface area contributed by atoms with Crippen molar-refractivity contribution in [1.82, 2.24) is 15.2 Å². The molecular weight excluding hydrogens is 449 g/mol. The number of anilines is 2. The molecule has 1 aromatic carbocycles. The Kier molecular flexibility index (Phi) is 7.51. The van der Waals surface area contributed by atoms with Gasteiger partial charge >= 0.3 is 0 Å². The second kappa shape index (κ2) is 9.98. The first-order valence-electron chi connectivity index (χ1n) is 10.7. The highest BCUT2D eigenvalue weighted by atomic mass is 35.5. The van der Waals surface area contributed by atoms with Gasteiger partial charge in [0.05, 0.1) is 22.0 Å². The predicted molar refractivity (Wildman–Crippen MR) is 127 cm³/mol. The summed E-state index contributed by atoms with van der Waals surface area (Å²) in [5, 5.41) is 18.1. The molecule has 0 amide bonds. The summed E-state index contributed by atoms with van der Waals surface area (Å²) in [6, 6.07) is 4.49. The van der Waals surface area contributed by atoms with Crippen molar-refractivity contribution in [2.45, 2.75) is 37.2 Å². The Morgan fingerprint density at radius 3 is 2.52 bits per heavy atom. The number of nitrogens with two attached hydrogens (primary N) is 3. The van der Waals surface area contributed by atoms with Gasteiger partial charge in [-0.2, -0.15) is 5.10 Å². The molecule has 2 aliphatic rings. The van der Waals surface area contributed by atoms with Crippen molar-refractivity contribution in [1.29, 1.82) is 0 Å². The van der Waals surface area contributed by atoms with E-state index in [2.05, 4.69) is 15.8 Å². The second-order valence-corrected chi connectivity index (χ2v) is 9.11. The van der Waals surface area contributed by atoms with Crippen molar-refractivity contribution in [2.75, 3.05) is 18.1 Å². The number of rotatable bonds is 5. The molecule has 0 radical (unpaired) electrons. The van der Waals surface area contributed by atoms with E-state index in [0.717, 1.165) is 30.5 Å². The normalized spacial score (nSPS) is 26.4. The van der Waals surface area contributed by atoms with Gasteiger partial charge in [0, 0.05) is 31.9 Å². The molecule has 1 aromatic heterocycles. The number of aromatic nitrogens is 2. The largest absolute Gasteiger partial charge is 0.398 e. The number of aliphatic hydroxyl groups is 1. The molecule has 2 unspecified atom stereocenters. The third-order valence-electron chi connectivity index (χ3n) is 6.69. The lowest BCUT2D eigenvalue weighted by Crippen LogP contribution is -2.35. The summed E-state index contributed by atoms with van der Waals surface area (Å²) in [6.45, 7) is 0. The minimum Gasteiger partial charge on any atom is -0.398 e. The maximum absolute atomic E-state index is 12.5. The first-order valence-corrected chi connectivity index (χ1v) is 11.1. The van der Waals surface area contributed by atoms with Gasteiger partial charge in [-0.05, 0) is 55.7 Å². The number of benzene rings is 1. The molecular formula is C22H31ClFN7O2. The maximum atomic E-state index is 12.5. The Bertz CT molecular complexity index is 1030. The summed E-state index contributed by atoms with van der Waals surface area (Å²) in [5.41, 5.74) is 15.7. The Hall–Kier alpha value is -2.82. The molecule has 1 heterocycles. The molecule has 0 bridgehead atoms. The van der Waals surface area contributed by atoms with Gasteiger partial charge in [-0.1, -0.05) is 11.6 Å². The molecule has 9 nitrogen and oxygen atoms in total. The van der Waals surface area contributed by atoms with Crippen LogP contribution in [0.3, 0.4) is 0 Å². The number of nitrogens with one attached hydrogen (secondary N) is 2. The number of hydrazine groups is 1. The van der Waals surface area contributed by atoms with Gasteiger partial charge in [-0.25, -0.2) is 4.39 Å². The highest BCUT2D eigenvalue weighted by Crippen LogP contribution is 2.55. The van der Waals surface area contributed by atoms with E-state index in [1.165, 1.54) is 18.3 Å². The Morgan fingerprint density at radius 2 is 2.00 bits per heavy atom. The summed E-state index contributed by atoms with van der Waals surface area (Å²) >= 11 is 5.48. The van der Waals surface area contributed by atoms with Crippen LogP contribution in [0.4, 0.5) is 15.9 Å². The van der Waals surface area contributed by atoms with Crippen LogP contribution in [0.1, 0.15) is 47.7 Å². The molecule has 2 atom stereocenters. The van der Waals surface area contributed by atoms with Gasteiger partial charge in [0.1, 0.15) is 17.2 Å². The number of carbonyl (C=O) groups is 1. The van der Waals surface area contributed by atoms with Crippen LogP contribution in [0, 0.1) is 17.7 Å². The summed E-state index contributed by atoms with van der Waals surface area (Å²) in [4.78, 5) is 11.3. The second-order valence-electron chi connectivity index (χ2n) is 8.70. The zero-order valence-electron chi connectivity index (χ0n) is 18.7. The summed E-state index contributed by atoms with van der Waals surface area (Å²) in [6.07, 6.45) is 5.22. The zero-order chi connectivity index (χ0) is 24.3. The highest BCUT2D eigenvalue weighted by molar-refractivity contribution is 6.31. The monoisotopic (exact) mass is 479 g/mol. The van der Waals surface area contributed by atoms with Gasteiger partial charge in [-0.3, -0.25) is 15.3 Å². The number of nitrogens with zero attached hydrogens (tertiary/aromatic N) is 2. The fraction of sp³-hybridized carbons (Fsp3) is 0.455. The van der Waals surface area contributed by atoms with Crippen molar-refractivity contribution in [3.63, 3.8) is 0 Å². The van der Waals surface area contributed by atoms with E-state index >= 15 is 0 Å². The van der Waals surface area contributed by atoms with Gasteiger partial charge in [0.25, 0.3) is 0 Å². The average Bonchev–Trinajstić information content (AvgIpc) is 3.40. The van der Waals surface area contributed by atoms with Crippen LogP contribution in [-0.2, 0) is 7.05 Å². The Morgan fingerprint density at radius 1 is 1.36 bits per heavy atom. The Labute approximate surface area is 197 Å². The van der Waals surface area contributed by atoms with E-state index in [9.17, 15) is 14.3 Å². The number of carbonyl (C=O) groups excluding carboxylic acids is 1. The van der Waals surface area contributed by atoms with Gasteiger partial charge in [0.2, 0.25) is 0 Å². The molecule has 2 saturated carbocycles. The van der Waals surface area contributed by atoms with E-state index < -0.39 is 5.60 Å². The quantitative estimate of drug-likeness (QED) is 0.216. The number of aldehydes is 1. The average molecular weight is 480 g/mol. The van der Waals surface area contributed by atoms with Crippen LogP contribution >= 0.6 is 11.6 Å². The van der Waals surface area contributed by atoms with E-state index in [-0.39, 0.29) is 16.8 Å². The third kappa shape index (κ3) is 5.07. The highest BCUT2D eigenvalue weighted by Gasteiger charge is 2.50. The van der Waals surface area contributed by atoms with Crippen molar-refractivity contribution in [2.24, 2.45) is 30.5 Å². The van der Waals surface area contributed by atoms with E-state index in [0.29, 0.717) is 41.8 Å². The molecule has 0 saturated heterocycles. The fourth-order valence-electron chi connectivity index (χ4n) is 4.99. The van der Waals surface area contributed by atoms with Gasteiger partial charge in [-0.15, -0.1) is 0 Å². The molecule has 4 rings (SSSR count). The molecule has 0 aliphatic heterocycles. The fourth-order valence-corrected chi connectivity index (χ4v) is 5.18. The number of aryl methyl sites for hydroxylation is 1. The topological polar surface area (TPSA) is 157 Å². The van der Waals surface area contributed by atoms with Crippen molar-refractivity contribution in [3.8, 4) is 0 Å². The van der Waals surface area contributed by atoms with Crippen LogP contribution in [0.25, 0.3) is 0 Å². The van der Waals surface area contributed by atoms with Crippen molar-refractivity contribution in [3.05, 3.63) is 52.2 Å². The first kappa shape index (κ1) is 24.8.